The number of fused-ring (bicyclic) bond motifs is 1. The maximum atomic E-state index is 13.5. The predicted molar refractivity (Wildman–Crippen MR) is 154 cm³/mol. The number of nitrogens with zero attached hydrogens (tertiary/aromatic N) is 2. The second-order valence-corrected chi connectivity index (χ2v) is 9.92. The van der Waals surface area contributed by atoms with Gasteiger partial charge in [-0.25, -0.2) is 4.98 Å². The Morgan fingerprint density at radius 3 is 2.38 bits per heavy atom. The molecule has 5 aromatic rings. The topological polar surface area (TPSA) is 95.5 Å². The number of aryl methyl sites for hydroxylation is 2. The highest BCUT2D eigenvalue weighted by molar-refractivity contribution is 6.51. The Bertz CT molecular complexity index is 1770. The number of amides is 1. The van der Waals surface area contributed by atoms with Gasteiger partial charge in [0.25, 0.3) is 5.78 Å². The van der Waals surface area contributed by atoms with Crippen LogP contribution in [0.25, 0.3) is 16.8 Å². The van der Waals surface area contributed by atoms with E-state index in [-0.39, 0.29) is 17.3 Å². The summed E-state index contributed by atoms with van der Waals surface area (Å²) in [4.78, 5) is 36.1. The van der Waals surface area contributed by atoms with E-state index >= 15 is 0 Å². The van der Waals surface area contributed by atoms with E-state index in [9.17, 15) is 14.7 Å². The number of H-pyrrole nitrogens is 1. The number of ether oxygens (including phenoxy) is 1. The van der Waals surface area contributed by atoms with E-state index in [0.717, 1.165) is 22.2 Å². The van der Waals surface area contributed by atoms with Gasteiger partial charge in [0.05, 0.1) is 22.6 Å². The van der Waals surface area contributed by atoms with Crippen molar-refractivity contribution >= 4 is 34.4 Å². The van der Waals surface area contributed by atoms with Gasteiger partial charge in [-0.05, 0) is 66.4 Å². The lowest BCUT2D eigenvalue weighted by Gasteiger charge is -2.23. The van der Waals surface area contributed by atoms with Gasteiger partial charge in [0.15, 0.2) is 0 Å². The SMILES string of the molecule is Cc1ccc2nc(N3C(=O)C(=O)/C(=C(/O)c4ccc(OCc5ccccc5)c(C)c4)C3c3ccccc3)[nH]c2c1. The first-order valence-corrected chi connectivity index (χ1v) is 13.0. The van der Waals surface area contributed by atoms with Crippen molar-refractivity contribution in [3.05, 3.63) is 130 Å². The molecule has 1 aromatic heterocycles. The van der Waals surface area contributed by atoms with Crippen LogP contribution in [0.5, 0.6) is 5.75 Å². The molecule has 1 amide bonds. The molecule has 4 aromatic carbocycles. The number of anilines is 1. The van der Waals surface area contributed by atoms with E-state index in [1.807, 2.05) is 92.7 Å². The summed E-state index contributed by atoms with van der Waals surface area (Å²) in [5, 5.41) is 11.5. The Morgan fingerprint density at radius 1 is 0.925 bits per heavy atom. The molecule has 7 heteroatoms. The third-order valence-corrected chi connectivity index (χ3v) is 7.10. The lowest BCUT2D eigenvalue weighted by atomic mass is 9.95. The highest BCUT2D eigenvalue weighted by Crippen LogP contribution is 2.42. The van der Waals surface area contributed by atoms with Gasteiger partial charge in [0, 0.05) is 5.56 Å². The number of imidazole rings is 1. The van der Waals surface area contributed by atoms with Crippen molar-refractivity contribution in [2.24, 2.45) is 0 Å². The minimum absolute atomic E-state index is 0.00481. The molecular weight excluding hydrogens is 502 g/mol. The summed E-state index contributed by atoms with van der Waals surface area (Å²) in [5.74, 6) is -0.871. The van der Waals surface area contributed by atoms with Crippen molar-refractivity contribution in [2.45, 2.75) is 26.5 Å². The quantitative estimate of drug-likeness (QED) is 0.151. The number of nitrogens with one attached hydrogen (secondary N) is 1. The first-order chi connectivity index (χ1) is 19.4. The maximum absolute atomic E-state index is 13.5. The highest BCUT2D eigenvalue weighted by atomic mass is 16.5. The lowest BCUT2D eigenvalue weighted by Crippen LogP contribution is -2.30. The number of ketones is 1. The molecule has 0 saturated carbocycles. The molecule has 6 rings (SSSR count). The summed E-state index contributed by atoms with van der Waals surface area (Å²) in [6, 6.07) is 29.1. The molecule has 0 radical (unpaired) electrons. The fraction of sp³-hybridized carbons (Fsp3) is 0.121. The molecule has 198 valence electrons. The average Bonchev–Trinajstić information content (AvgIpc) is 3.50. The second-order valence-electron chi connectivity index (χ2n) is 9.92. The van der Waals surface area contributed by atoms with Crippen molar-refractivity contribution in [3.63, 3.8) is 0 Å². The Kier molecular flexibility index (Phi) is 6.40. The summed E-state index contributed by atoms with van der Waals surface area (Å²) >= 11 is 0. The van der Waals surface area contributed by atoms with Crippen LogP contribution in [0.2, 0.25) is 0 Å². The number of benzene rings is 4. The smallest absolute Gasteiger partial charge is 0.302 e. The Hall–Kier alpha value is -5.17. The molecule has 0 bridgehead atoms. The molecule has 7 nitrogen and oxygen atoms in total. The van der Waals surface area contributed by atoms with Crippen molar-refractivity contribution in [1.29, 1.82) is 0 Å². The molecular formula is C33H27N3O4. The molecule has 40 heavy (non-hydrogen) atoms. The summed E-state index contributed by atoms with van der Waals surface area (Å²) in [7, 11) is 0. The number of hydrogen-bond acceptors (Lipinski definition) is 5. The number of carbonyl (C=O) groups excluding carboxylic acids is 2. The number of aromatic nitrogens is 2. The number of aliphatic hydroxyl groups is 1. The summed E-state index contributed by atoms with van der Waals surface area (Å²) in [5.41, 5.74) is 5.40. The van der Waals surface area contributed by atoms with Crippen molar-refractivity contribution < 1.29 is 19.4 Å². The van der Waals surface area contributed by atoms with Crippen LogP contribution in [0.1, 0.15) is 33.9 Å². The fourth-order valence-corrected chi connectivity index (χ4v) is 5.08. The standard InChI is InChI=1S/C33H27N3O4/c1-20-13-15-25-26(17-20)35-33(34-25)36-29(23-11-7-4-8-12-23)28(31(38)32(36)39)30(37)24-14-16-27(21(2)18-24)40-19-22-9-5-3-6-10-22/h3-18,29,37H,19H2,1-2H3,(H,34,35)/b30-28+. The maximum Gasteiger partial charge on any atom is 0.302 e. The first-order valence-electron chi connectivity index (χ1n) is 13.0. The fourth-order valence-electron chi connectivity index (χ4n) is 5.08. The number of aliphatic hydroxyl groups excluding tert-OH is 1. The second kappa shape index (κ2) is 10.2. The van der Waals surface area contributed by atoms with Crippen LogP contribution >= 0.6 is 0 Å². The van der Waals surface area contributed by atoms with Gasteiger partial charge < -0.3 is 14.8 Å². The Morgan fingerprint density at radius 2 is 1.65 bits per heavy atom. The molecule has 2 heterocycles. The molecule has 1 fully saturated rings. The van der Waals surface area contributed by atoms with E-state index in [4.69, 9.17) is 4.74 Å². The Labute approximate surface area is 231 Å². The van der Waals surface area contributed by atoms with Crippen LogP contribution in [0, 0.1) is 13.8 Å². The molecule has 0 aliphatic carbocycles. The molecule has 1 unspecified atom stereocenters. The van der Waals surface area contributed by atoms with Gasteiger partial charge in [0.2, 0.25) is 5.95 Å². The van der Waals surface area contributed by atoms with E-state index in [1.54, 1.807) is 18.2 Å². The van der Waals surface area contributed by atoms with Crippen molar-refractivity contribution in [3.8, 4) is 5.75 Å². The van der Waals surface area contributed by atoms with Crippen molar-refractivity contribution in [2.75, 3.05) is 4.90 Å². The number of aromatic amines is 1. The molecule has 0 spiro atoms. The summed E-state index contributed by atoms with van der Waals surface area (Å²) in [6.07, 6.45) is 0. The van der Waals surface area contributed by atoms with Crippen LogP contribution in [0.4, 0.5) is 5.95 Å². The molecule has 1 aliphatic rings. The first kappa shape index (κ1) is 25.1. The summed E-state index contributed by atoms with van der Waals surface area (Å²) in [6.45, 7) is 4.25. The number of hydrogen-bond donors (Lipinski definition) is 2. The van der Waals surface area contributed by atoms with Crippen molar-refractivity contribution in [1.82, 2.24) is 9.97 Å². The van der Waals surface area contributed by atoms with Crippen LogP contribution in [-0.4, -0.2) is 26.8 Å². The Balaban J connectivity index is 1.41. The molecule has 1 atom stereocenters. The molecule has 1 saturated heterocycles. The third kappa shape index (κ3) is 4.52. The zero-order chi connectivity index (χ0) is 27.8. The van der Waals surface area contributed by atoms with E-state index in [1.165, 1.54) is 4.90 Å². The minimum Gasteiger partial charge on any atom is -0.507 e. The number of carbonyl (C=O) groups is 2. The normalized spacial score (nSPS) is 16.6. The minimum atomic E-state index is -0.864. The lowest BCUT2D eigenvalue weighted by molar-refractivity contribution is -0.132. The zero-order valence-corrected chi connectivity index (χ0v) is 22.1. The van der Waals surface area contributed by atoms with E-state index in [2.05, 4.69) is 9.97 Å². The van der Waals surface area contributed by atoms with Gasteiger partial charge in [-0.1, -0.05) is 66.7 Å². The van der Waals surface area contributed by atoms with Crippen LogP contribution < -0.4 is 9.64 Å². The van der Waals surface area contributed by atoms with Crippen LogP contribution in [0.15, 0.2) is 103 Å². The van der Waals surface area contributed by atoms with Gasteiger partial charge >= 0.3 is 5.91 Å². The number of Topliss-reactive ketones (excluding diaryl/α,β-unsaturated/α-hetero) is 1. The average molecular weight is 530 g/mol. The third-order valence-electron chi connectivity index (χ3n) is 7.10. The molecule has 2 N–H and O–H groups in total. The van der Waals surface area contributed by atoms with E-state index < -0.39 is 17.7 Å². The van der Waals surface area contributed by atoms with Gasteiger partial charge in [-0.15, -0.1) is 0 Å². The highest BCUT2D eigenvalue weighted by Gasteiger charge is 2.48. The predicted octanol–water partition coefficient (Wildman–Crippen LogP) is 6.39. The zero-order valence-electron chi connectivity index (χ0n) is 22.1. The number of rotatable bonds is 6. The van der Waals surface area contributed by atoms with Crippen LogP contribution in [-0.2, 0) is 16.2 Å². The van der Waals surface area contributed by atoms with Gasteiger partial charge in [-0.2, -0.15) is 0 Å². The van der Waals surface area contributed by atoms with Gasteiger partial charge in [-0.3, -0.25) is 14.5 Å². The monoisotopic (exact) mass is 529 g/mol. The molecule has 1 aliphatic heterocycles. The van der Waals surface area contributed by atoms with E-state index in [0.29, 0.717) is 29.0 Å². The van der Waals surface area contributed by atoms with Gasteiger partial charge in [0.1, 0.15) is 18.1 Å². The largest absolute Gasteiger partial charge is 0.507 e. The summed E-state index contributed by atoms with van der Waals surface area (Å²) < 4.78 is 5.98. The van der Waals surface area contributed by atoms with Crippen LogP contribution in [0.3, 0.4) is 0 Å².